The molecule has 2 aromatic rings. The van der Waals surface area contributed by atoms with Crippen LogP contribution in [-0.2, 0) is 15.1 Å². The minimum Gasteiger partial charge on any atom is -0.381 e. The Balaban J connectivity index is 1.87. The minimum atomic E-state index is -0.448. The number of halogens is 1. The molecule has 2 aromatic carbocycles. The summed E-state index contributed by atoms with van der Waals surface area (Å²) in [7, 11) is 1.70. The summed E-state index contributed by atoms with van der Waals surface area (Å²) < 4.78 is 25.4. The van der Waals surface area contributed by atoms with Gasteiger partial charge in [-0.1, -0.05) is 30.8 Å². The summed E-state index contributed by atoms with van der Waals surface area (Å²) in [4.78, 5) is 1.98. The number of hydrogen-bond donors (Lipinski definition) is 0. The first kappa shape index (κ1) is 17.5. The molecule has 2 nitrogen and oxygen atoms in total. The third-order valence-corrected chi connectivity index (χ3v) is 5.52. The summed E-state index contributed by atoms with van der Waals surface area (Å²) in [5.41, 5.74) is 1.63. The average molecular weight is 345 g/mol. The van der Waals surface area contributed by atoms with Crippen LogP contribution in [0, 0.1) is 12.2 Å². The first-order valence-electron chi connectivity index (χ1n) is 8.16. The van der Waals surface area contributed by atoms with E-state index in [0.717, 1.165) is 28.2 Å². The molecule has 0 bridgehead atoms. The molecule has 1 saturated heterocycles. The summed E-state index contributed by atoms with van der Waals surface area (Å²) in [6.45, 7) is 3.29. The summed E-state index contributed by atoms with van der Waals surface area (Å²) >= 11 is 1.57. The Morgan fingerprint density at radius 2 is 1.79 bits per heavy atom. The average Bonchev–Trinajstić information content (AvgIpc) is 2.62. The fourth-order valence-electron chi connectivity index (χ4n) is 3.06. The molecule has 1 fully saturated rings. The van der Waals surface area contributed by atoms with E-state index in [2.05, 4.69) is 30.7 Å². The van der Waals surface area contributed by atoms with Crippen molar-refractivity contribution in [2.24, 2.45) is 0 Å². The summed E-state index contributed by atoms with van der Waals surface area (Å²) in [6.07, 6.45) is 3.55. The van der Waals surface area contributed by atoms with Crippen LogP contribution in [0.3, 0.4) is 0 Å². The SMILES string of the molecule is C[CH]c1ccc(Sc2cc(F)cc(C3(OC)CCOCC3)c2)cc1. The van der Waals surface area contributed by atoms with E-state index in [1.807, 2.05) is 13.0 Å². The van der Waals surface area contributed by atoms with Crippen molar-refractivity contribution in [3.05, 3.63) is 65.8 Å². The molecule has 1 radical (unpaired) electrons. The van der Waals surface area contributed by atoms with E-state index < -0.39 is 5.60 Å². The highest BCUT2D eigenvalue weighted by Crippen LogP contribution is 2.38. The van der Waals surface area contributed by atoms with Crippen molar-refractivity contribution in [2.75, 3.05) is 20.3 Å². The van der Waals surface area contributed by atoms with Crippen LogP contribution in [0.5, 0.6) is 0 Å². The Morgan fingerprint density at radius 1 is 1.08 bits per heavy atom. The zero-order chi connectivity index (χ0) is 17.0. The third-order valence-electron chi connectivity index (χ3n) is 4.54. The van der Waals surface area contributed by atoms with Crippen molar-refractivity contribution >= 4 is 11.8 Å². The van der Waals surface area contributed by atoms with Crippen LogP contribution in [0.15, 0.2) is 52.3 Å². The molecule has 24 heavy (non-hydrogen) atoms. The second-order valence-corrected chi connectivity index (χ2v) is 7.09. The lowest BCUT2D eigenvalue weighted by Gasteiger charge is -2.36. The van der Waals surface area contributed by atoms with Gasteiger partial charge in [-0.3, -0.25) is 0 Å². The molecule has 1 heterocycles. The second-order valence-electron chi connectivity index (χ2n) is 5.95. The first-order chi connectivity index (χ1) is 11.6. The van der Waals surface area contributed by atoms with Crippen LogP contribution in [0.1, 0.15) is 30.9 Å². The number of ether oxygens (including phenoxy) is 2. The van der Waals surface area contributed by atoms with Crippen LogP contribution in [0.25, 0.3) is 0 Å². The van der Waals surface area contributed by atoms with Gasteiger partial charge in [-0.05, 0) is 47.9 Å². The zero-order valence-electron chi connectivity index (χ0n) is 14.0. The molecule has 0 aromatic heterocycles. The number of methoxy groups -OCH3 is 1. The van der Waals surface area contributed by atoms with E-state index in [0.29, 0.717) is 13.2 Å². The van der Waals surface area contributed by atoms with E-state index in [4.69, 9.17) is 9.47 Å². The highest BCUT2D eigenvalue weighted by molar-refractivity contribution is 7.99. The van der Waals surface area contributed by atoms with Gasteiger partial charge in [0, 0.05) is 43.0 Å². The van der Waals surface area contributed by atoms with Crippen molar-refractivity contribution in [3.8, 4) is 0 Å². The normalized spacial score (nSPS) is 17.0. The largest absolute Gasteiger partial charge is 0.381 e. The smallest absolute Gasteiger partial charge is 0.124 e. The zero-order valence-corrected chi connectivity index (χ0v) is 14.9. The molecular weight excluding hydrogens is 323 g/mol. The number of benzene rings is 2. The van der Waals surface area contributed by atoms with Gasteiger partial charge in [-0.15, -0.1) is 0 Å². The molecule has 1 aliphatic heterocycles. The van der Waals surface area contributed by atoms with Crippen LogP contribution >= 0.6 is 11.8 Å². The minimum absolute atomic E-state index is 0.226. The van der Waals surface area contributed by atoms with Crippen LogP contribution in [0.2, 0.25) is 0 Å². The maximum absolute atomic E-state index is 14.2. The molecule has 127 valence electrons. The van der Waals surface area contributed by atoms with Gasteiger partial charge in [-0.2, -0.15) is 0 Å². The fraction of sp³-hybridized carbons (Fsp3) is 0.350. The lowest BCUT2D eigenvalue weighted by Crippen LogP contribution is -2.35. The van der Waals surface area contributed by atoms with E-state index in [1.165, 1.54) is 5.56 Å². The molecule has 0 saturated carbocycles. The van der Waals surface area contributed by atoms with Gasteiger partial charge >= 0.3 is 0 Å². The van der Waals surface area contributed by atoms with Gasteiger partial charge in [0.25, 0.3) is 0 Å². The fourth-order valence-corrected chi connectivity index (χ4v) is 3.96. The molecule has 0 aliphatic carbocycles. The van der Waals surface area contributed by atoms with Crippen LogP contribution in [-0.4, -0.2) is 20.3 Å². The van der Waals surface area contributed by atoms with Gasteiger partial charge < -0.3 is 9.47 Å². The predicted molar refractivity (Wildman–Crippen MR) is 94.8 cm³/mol. The molecular formula is C20H22FO2S. The van der Waals surface area contributed by atoms with Gasteiger partial charge in [0.15, 0.2) is 0 Å². The molecule has 0 unspecified atom stereocenters. The quantitative estimate of drug-likeness (QED) is 0.742. The van der Waals surface area contributed by atoms with Gasteiger partial charge in [0.2, 0.25) is 0 Å². The Kier molecular flexibility index (Phi) is 5.59. The summed E-state index contributed by atoms with van der Waals surface area (Å²) in [5.74, 6) is -0.226. The van der Waals surface area contributed by atoms with Crippen molar-refractivity contribution in [2.45, 2.75) is 35.2 Å². The van der Waals surface area contributed by atoms with E-state index in [9.17, 15) is 4.39 Å². The summed E-state index contributed by atoms with van der Waals surface area (Å²) in [6, 6.07) is 13.5. The lowest BCUT2D eigenvalue weighted by atomic mass is 9.86. The topological polar surface area (TPSA) is 18.5 Å². The monoisotopic (exact) mass is 345 g/mol. The first-order valence-corrected chi connectivity index (χ1v) is 8.98. The van der Waals surface area contributed by atoms with Crippen LogP contribution < -0.4 is 0 Å². The van der Waals surface area contributed by atoms with Crippen molar-refractivity contribution in [1.29, 1.82) is 0 Å². The van der Waals surface area contributed by atoms with Gasteiger partial charge in [0.05, 0.1) is 5.60 Å². The molecule has 0 N–H and O–H groups in total. The Labute approximate surface area is 147 Å². The molecule has 3 rings (SSSR count). The predicted octanol–water partition coefficient (Wildman–Crippen LogP) is 5.20. The lowest BCUT2D eigenvalue weighted by molar-refractivity contribution is -0.0950. The Hall–Kier alpha value is -1.36. The van der Waals surface area contributed by atoms with Crippen LogP contribution in [0.4, 0.5) is 4.39 Å². The Bertz CT molecular complexity index is 679. The molecule has 4 heteroatoms. The molecule has 1 aliphatic rings. The molecule has 0 spiro atoms. The summed E-state index contributed by atoms with van der Waals surface area (Å²) in [5, 5.41) is 0. The van der Waals surface area contributed by atoms with Crippen molar-refractivity contribution in [1.82, 2.24) is 0 Å². The van der Waals surface area contributed by atoms with E-state index in [1.54, 1.807) is 31.0 Å². The maximum atomic E-state index is 14.2. The van der Waals surface area contributed by atoms with E-state index in [-0.39, 0.29) is 5.82 Å². The van der Waals surface area contributed by atoms with Crippen molar-refractivity contribution in [3.63, 3.8) is 0 Å². The standard InChI is InChI=1S/C20H22FO2S/c1-3-15-4-6-18(7-5-15)24-19-13-16(12-17(21)14-19)20(22-2)8-10-23-11-9-20/h3-7,12-14H,8-11H2,1-2H3. The van der Waals surface area contributed by atoms with E-state index >= 15 is 0 Å². The number of rotatable bonds is 5. The Morgan fingerprint density at radius 3 is 2.42 bits per heavy atom. The molecule has 0 amide bonds. The highest BCUT2D eigenvalue weighted by atomic mass is 32.2. The highest BCUT2D eigenvalue weighted by Gasteiger charge is 2.35. The van der Waals surface area contributed by atoms with Crippen molar-refractivity contribution < 1.29 is 13.9 Å². The van der Waals surface area contributed by atoms with Gasteiger partial charge in [-0.25, -0.2) is 4.39 Å². The third kappa shape index (κ3) is 3.82. The second kappa shape index (κ2) is 7.68. The molecule has 0 atom stereocenters. The number of hydrogen-bond acceptors (Lipinski definition) is 3. The maximum Gasteiger partial charge on any atom is 0.124 e. The van der Waals surface area contributed by atoms with Gasteiger partial charge in [0.1, 0.15) is 5.82 Å².